The molecule has 1 rings (SSSR count). The van der Waals surface area contributed by atoms with Crippen molar-refractivity contribution in [2.45, 2.75) is 17.9 Å². The number of sulfonamides is 1. The number of benzene rings is 1. The van der Waals surface area contributed by atoms with E-state index in [1.54, 1.807) is 6.92 Å². The standard InChI is InChI=1S/C10H15ClN2O3S/c1-7(12)6-13-17(14,15)10-4-3-8(11)5-9(10)16-2/h3-5,7,13H,6,12H2,1-2H3. The van der Waals surface area contributed by atoms with Crippen molar-refractivity contribution in [1.82, 2.24) is 4.72 Å². The highest BCUT2D eigenvalue weighted by Crippen LogP contribution is 2.26. The Balaban J connectivity index is 3.06. The molecule has 0 saturated heterocycles. The molecule has 0 bridgehead atoms. The van der Waals surface area contributed by atoms with Crippen molar-refractivity contribution in [3.63, 3.8) is 0 Å². The van der Waals surface area contributed by atoms with Gasteiger partial charge in [-0.3, -0.25) is 0 Å². The van der Waals surface area contributed by atoms with Crippen molar-refractivity contribution >= 4 is 21.6 Å². The summed E-state index contributed by atoms with van der Waals surface area (Å²) < 4.78 is 31.3. The van der Waals surface area contributed by atoms with Gasteiger partial charge in [-0.05, 0) is 19.1 Å². The molecule has 0 radical (unpaired) electrons. The molecule has 1 aromatic carbocycles. The highest BCUT2D eigenvalue weighted by molar-refractivity contribution is 7.89. The van der Waals surface area contributed by atoms with Crippen LogP contribution in [0.1, 0.15) is 6.92 Å². The van der Waals surface area contributed by atoms with Gasteiger partial charge < -0.3 is 10.5 Å². The molecule has 0 aliphatic rings. The molecule has 1 atom stereocenters. The third kappa shape index (κ3) is 3.85. The van der Waals surface area contributed by atoms with Crippen LogP contribution in [0, 0.1) is 0 Å². The summed E-state index contributed by atoms with van der Waals surface area (Å²) in [5.74, 6) is 0.203. The maximum Gasteiger partial charge on any atom is 0.244 e. The van der Waals surface area contributed by atoms with Crippen LogP contribution in [0.25, 0.3) is 0 Å². The zero-order chi connectivity index (χ0) is 13.1. The molecule has 0 saturated carbocycles. The van der Waals surface area contributed by atoms with E-state index in [1.165, 1.54) is 25.3 Å². The lowest BCUT2D eigenvalue weighted by Gasteiger charge is -2.12. The Morgan fingerprint density at radius 3 is 2.71 bits per heavy atom. The largest absolute Gasteiger partial charge is 0.495 e. The average Bonchev–Trinajstić information content (AvgIpc) is 2.26. The zero-order valence-electron chi connectivity index (χ0n) is 9.60. The number of rotatable bonds is 5. The number of hydrogen-bond acceptors (Lipinski definition) is 4. The summed E-state index contributed by atoms with van der Waals surface area (Å²) in [6, 6.07) is 4.07. The van der Waals surface area contributed by atoms with E-state index in [4.69, 9.17) is 22.1 Å². The van der Waals surface area contributed by atoms with Crippen LogP contribution in [0.5, 0.6) is 5.75 Å². The Morgan fingerprint density at radius 1 is 1.53 bits per heavy atom. The van der Waals surface area contributed by atoms with E-state index in [9.17, 15) is 8.42 Å². The zero-order valence-corrected chi connectivity index (χ0v) is 11.2. The first-order valence-electron chi connectivity index (χ1n) is 4.95. The quantitative estimate of drug-likeness (QED) is 0.841. The molecular weight excluding hydrogens is 264 g/mol. The van der Waals surface area contributed by atoms with Gasteiger partial charge >= 0.3 is 0 Å². The Bertz CT molecular complexity index is 488. The molecule has 0 heterocycles. The van der Waals surface area contributed by atoms with Crippen LogP contribution >= 0.6 is 11.6 Å². The van der Waals surface area contributed by atoms with Crippen LogP contribution < -0.4 is 15.2 Å². The molecule has 0 amide bonds. The van der Waals surface area contributed by atoms with Gasteiger partial charge in [0.05, 0.1) is 7.11 Å². The first-order chi connectivity index (χ1) is 7.86. The summed E-state index contributed by atoms with van der Waals surface area (Å²) >= 11 is 5.76. The second-order valence-corrected chi connectivity index (χ2v) is 5.80. The minimum atomic E-state index is -3.63. The number of nitrogens with one attached hydrogen (secondary N) is 1. The molecule has 0 aromatic heterocycles. The van der Waals surface area contributed by atoms with Crippen molar-refractivity contribution < 1.29 is 13.2 Å². The maximum absolute atomic E-state index is 11.9. The van der Waals surface area contributed by atoms with Crippen molar-refractivity contribution in [3.05, 3.63) is 23.2 Å². The van der Waals surface area contributed by atoms with Gasteiger partial charge in [0.15, 0.2) is 0 Å². The monoisotopic (exact) mass is 278 g/mol. The average molecular weight is 279 g/mol. The summed E-state index contributed by atoms with van der Waals surface area (Å²) in [6.07, 6.45) is 0. The number of hydrogen-bond donors (Lipinski definition) is 2. The lowest BCUT2D eigenvalue weighted by molar-refractivity contribution is 0.402. The Labute approximate surface area is 106 Å². The fraction of sp³-hybridized carbons (Fsp3) is 0.400. The van der Waals surface area contributed by atoms with E-state index < -0.39 is 10.0 Å². The summed E-state index contributed by atoms with van der Waals surface area (Å²) in [7, 11) is -2.24. The fourth-order valence-corrected chi connectivity index (χ4v) is 2.64. The van der Waals surface area contributed by atoms with Gasteiger partial charge in [0.25, 0.3) is 0 Å². The molecule has 3 N–H and O–H groups in total. The predicted molar refractivity (Wildman–Crippen MR) is 66.8 cm³/mol. The smallest absolute Gasteiger partial charge is 0.244 e. The maximum atomic E-state index is 11.9. The minimum absolute atomic E-state index is 0.0463. The number of nitrogens with two attached hydrogens (primary N) is 1. The van der Waals surface area contributed by atoms with Crippen LogP contribution in [0.2, 0.25) is 5.02 Å². The van der Waals surface area contributed by atoms with Crippen molar-refractivity contribution in [3.8, 4) is 5.75 Å². The molecule has 17 heavy (non-hydrogen) atoms. The molecule has 1 aromatic rings. The summed E-state index contributed by atoms with van der Waals surface area (Å²) in [6.45, 7) is 1.87. The van der Waals surface area contributed by atoms with Gasteiger partial charge in [-0.25, -0.2) is 13.1 Å². The first-order valence-corrected chi connectivity index (χ1v) is 6.81. The lowest BCUT2D eigenvalue weighted by Crippen LogP contribution is -2.35. The van der Waals surface area contributed by atoms with E-state index in [2.05, 4.69) is 4.72 Å². The van der Waals surface area contributed by atoms with Gasteiger partial charge in [0.2, 0.25) is 10.0 Å². The van der Waals surface area contributed by atoms with Gasteiger partial charge in [-0.1, -0.05) is 11.6 Å². The van der Waals surface area contributed by atoms with Gasteiger partial charge in [-0.2, -0.15) is 0 Å². The van der Waals surface area contributed by atoms with Crippen LogP contribution in [0.3, 0.4) is 0 Å². The summed E-state index contributed by atoms with van der Waals surface area (Å²) in [5.41, 5.74) is 5.49. The molecule has 1 unspecified atom stereocenters. The SMILES string of the molecule is COc1cc(Cl)ccc1S(=O)(=O)NCC(C)N. The second-order valence-electron chi connectivity index (χ2n) is 3.62. The number of methoxy groups -OCH3 is 1. The molecule has 7 heteroatoms. The van der Waals surface area contributed by atoms with E-state index in [-0.39, 0.29) is 23.2 Å². The highest BCUT2D eigenvalue weighted by atomic mass is 35.5. The van der Waals surface area contributed by atoms with Gasteiger partial charge in [-0.15, -0.1) is 0 Å². The van der Waals surface area contributed by atoms with Crippen LogP contribution in [0.15, 0.2) is 23.1 Å². The van der Waals surface area contributed by atoms with E-state index in [1.807, 2.05) is 0 Å². The first kappa shape index (κ1) is 14.2. The van der Waals surface area contributed by atoms with Crippen molar-refractivity contribution in [2.75, 3.05) is 13.7 Å². The minimum Gasteiger partial charge on any atom is -0.495 e. The Kier molecular flexibility index (Phi) is 4.76. The van der Waals surface area contributed by atoms with Gasteiger partial charge in [0.1, 0.15) is 10.6 Å². The molecule has 0 spiro atoms. The predicted octanol–water partition coefficient (Wildman–Crippen LogP) is 0.974. The molecule has 0 fully saturated rings. The van der Waals surface area contributed by atoms with E-state index in [0.29, 0.717) is 5.02 Å². The highest BCUT2D eigenvalue weighted by Gasteiger charge is 2.19. The molecule has 0 aliphatic carbocycles. The van der Waals surface area contributed by atoms with E-state index >= 15 is 0 Å². The van der Waals surface area contributed by atoms with Gasteiger partial charge in [0, 0.05) is 23.7 Å². The topological polar surface area (TPSA) is 81.4 Å². The van der Waals surface area contributed by atoms with Crippen molar-refractivity contribution in [2.24, 2.45) is 5.73 Å². The molecule has 96 valence electrons. The Morgan fingerprint density at radius 2 is 2.18 bits per heavy atom. The van der Waals surface area contributed by atoms with Crippen molar-refractivity contribution in [1.29, 1.82) is 0 Å². The normalized spacial score (nSPS) is 13.4. The van der Waals surface area contributed by atoms with E-state index in [0.717, 1.165) is 0 Å². The summed E-state index contributed by atoms with van der Waals surface area (Å²) in [5, 5.41) is 0.410. The Hall–Kier alpha value is -0.820. The molecule has 5 nitrogen and oxygen atoms in total. The van der Waals surface area contributed by atoms with Crippen LogP contribution in [-0.2, 0) is 10.0 Å². The third-order valence-electron chi connectivity index (χ3n) is 2.01. The fourth-order valence-electron chi connectivity index (χ4n) is 1.18. The molecule has 0 aliphatic heterocycles. The summed E-state index contributed by atoms with van der Waals surface area (Å²) in [4.78, 5) is 0.0463. The second kappa shape index (κ2) is 5.68. The van der Waals surface area contributed by atoms with Crippen LogP contribution in [0.4, 0.5) is 0 Å². The lowest BCUT2D eigenvalue weighted by atomic mass is 10.3. The number of halogens is 1. The van der Waals surface area contributed by atoms with Crippen LogP contribution in [-0.4, -0.2) is 28.1 Å². The third-order valence-corrected chi connectivity index (χ3v) is 3.71. The number of ether oxygens (including phenoxy) is 1. The molecular formula is C10H15ClN2O3S.